The zero-order valence-electron chi connectivity index (χ0n) is 10.7. The molecule has 16 heavy (non-hydrogen) atoms. The van der Waals surface area contributed by atoms with Crippen LogP contribution in [0.25, 0.3) is 0 Å². The fourth-order valence-corrected chi connectivity index (χ4v) is 3.38. The molecule has 4 atom stereocenters. The first-order valence-corrected chi connectivity index (χ1v) is 7.29. The van der Waals surface area contributed by atoms with Crippen molar-refractivity contribution >= 4 is 23.0 Å². The van der Waals surface area contributed by atoms with Crippen LogP contribution in [0.5, 0.6) is 0 Å². The molecule has 2 nitrogen and oxygen atoms in total. The van der Waals surface area contributed by atoms with Gasteiger partial charge in [-0.1, -0.05) is 20.3 Å². The maximum atomic E-state index is 5.33. The summed E-state index contributed by atoms with van der Waals surface area (Å²) in [5.41, 5.74) is 0. The Hall–Kier alpha value is 0.650. The lowest BCUT2D eigenvalue weighted by Gasteiger charge is -2.22. The minimum Gasteiger partial charge on any atom is -0.384 e. The van der Waals surface area contributed by atoms with Crippen LogP contribution in [0.3, 0.4) is 0 Å². The zero-order chi connectivity index (χ0) is 12.0. The lowest BCUT2D eigenvalue weighted by Crippen LogP contribution is -2.19. The molecule has 0 aromatic heterocycles. The fraction of sp³-hybridized carbons (Fsp3) is 1.00. The maximum Gasteiger partial charge on any atom is 0.109 e. The molecule has 1 saturated carbocycles. The van der Waals surface area contributed by atoms with E-state index < -0.39 is 0 Å². The van der Waals surface area contributed by atoms with Crippen LogP contribution in [0.4, 0.5) is 0 Å². The molecule has 0 saturated heterocycles. The van der Waals surface area contributed by atoms with Crippen molar-refractivity contribution in [1.29, 1.82) is 0 Å². The molecule has 1 aliphatic carbocycles. The third kappa shape index (κ3) is 4.49. The summed E-state index contributed by atoms with van der Waals surface area (Å²) in [6.45, 7) is 6.49. The Labute approximate surface area is 114 Å². The van der Waals surface area contributed by atoms with Gasteiger partial charge in [0, 0.05) is 13.7 Å². The van der Waals surface area contributed by atoms with Gasteiger partial charge in [-0.2, -0.15) is 0 Å². The highest BCUT2D eigenvalue weighted by molar-refractivity contribution is 14.1. The molecule has 2 unspecified atom stereocenters. The molecule has 96 valence electrons. The Morgan fingerprint density at radius 1 is 1.38 bits per heavy atom. The van der Waals surface area contributed by atoms with Gasteiger partial charge in [0.05, 0.1) is 6.61 Å². The van der Waals surface area contributed by atoms with E-state index in [1.165, 1.54) is 25.7 Å². The van der Waals surface area contributed by atoms with E-state index in [-0.39, 0.29) is 0 Å². The number of methoxy groups -OCH3 is 1. The predicted octanol–water partition coefficient (Wildman–Crippen LogP) is 4.08. The van der Waals surface area contributed by atoms with Crippen LogP contribution in [0.15, 0.2) is 0 Å². The average molecular weight is 340 g/mol. The van der Waals surface area contributed by atoms with Crippen LogP contribution in [0.1, 0.15) is 39.5 Å². The quantitative estimate of drug-likeness (QED) is 0.650. The van der Waals surface area contributed by atoms with Crippen LogP contribution in [-0.2, 0) is 7.80 Å². The standard InChI is InChI=1S/C13H25IO2/c1-10(8-15-3)4-6-12-7-5-11(2)13(12)9-16-14/h10-13H,4-9H2,1-3H3/t10?,11?,12-,13-/m0/s1. The highest BCUT2D eigenvalue weighted by Gasteiger charge is 2.33. The van der Waals surface area contributed by atoms with E-state index in [2.05, 4.69) is 13.8 Å². The van der Waals surface area contributed by atoms with E-state index in [1.807, 2.05) is 23.0 Å². The zero-order valence-corrected chi connectivity index (χ0v) is 12.9. The first-order chi connectivity index (χ1) is 7.69. The fourth-order valence-electron chi connectivity index (χ4n) is 2.97. The second kappa shape index (κ2) is 7.88. The third-order valence-corrected chi connectivity index (χ3v) is 4.43. The van der Waals surface area contributed by atoms with Crippen LogP contribution in [0.2, 0.25) is 0 Å². The average Bonchev–Trinajstić information content (AvgIpc) is 2.59. The highest BCUT2D eigenvalue weighted by atomic mass is 127. The molecule has 0 radical (unpaired) electrons. The minimum absolute atomic E-state index is 0.696. The molecule has 0 aromatic carbocycles. The summed E-state index contributed by atoms with van der Waals surface area (Å²) in [6.07, 6.45) is 5.42. The van der Waals surface area contributed by atoms with Crippen molar-refractivity contribution in [2.24, 2.45) is 23.7 Å². The molecule has 3 heteroatoms. The van der Waals surface area contributed by atoms with Crippen LogP contribution in [-0.4, -0.2) is 20.3 Å². The Balaban J connectivity index is 2.29. The van der Waals surface area contributed by atoms with Gasteiger partial charge in [0.15, 0.2) is 0 Å². The summed E-state index contributed by atoms with van der Waals surface area (Å²) < 4.78 is 10.5. The molecular weight excluding hydrogens is 315 g/mol. The van der Waals surface area contributed by atoms with Crippen molar-refractivity contribution in [2.75, 3.05) is 20.3 Å². The van der Waals surface area contributed by atoms with E-state index in [0.717, 1.165) is 31.0 Å². The molecule has 0 bridgehead atoms. The number of hydrogen-bond donors (Lipinski definition) is 0. The van der Waals surface area contributed by atoms with Gasteiger partial charge in [0.25, 0.3) is 0 Å². The largest absolute Gasteiger partial charge is 0.384 e. The smallest absolute Gasteiger partial charge is 0.109 e. The van der Waals surface area contributed by atoms with Gasteiger partial charge in [-0.15, -0.1) is 0 Å². The van der Waals surface area contributed by atoms with Gasteiger partial charge in [0.1, 0.15) is 23.0 Å². The summed E-state index contributed by atoms with van der Waals surface area (Å²) >= 11 is 2.03. The first kappa shape index (κ1) is 14.7. The van der Waals surface area contributed by atoms with Gasteiger partial charge in [-0.05, 0) is 42.9 Å². The molecule has 1 aliphatic rings. The Morgan fingerprint density at radius 2 is 2.12 bits per heavy atom. The summed E-state index contributed by atoms with van der Waals surface area (Å²) in [4.78, 5) is 0. The Kier molecular flexibility index (Phi) is 7.24. The normalized spacial score (nSPS) is 31.9. The van der Waals surface area contributed by atoms with Gasteiger partial charge < -0.3 is 7.80 Å². The maximum absolute atomic E-state index is 5.33. The number of halogens is 1. The van der Waals surface area contributed by atoms with Crippen molar-refractivity contribution in [3.05, 3.63) is 0 Å². The van der Waals surface area contributed by atoms with Crippen LogP contribution >= 0.6 is 23.0 Å². The van der Waals surface area contributed by atoms with Gasteiger partial charge in [-0.3, -0.25) is 0 Å². The second-order valence-electron chi connectivity index (χ2n) is 5.39. The Bertz CT molecular complexity index is 187. The van der Waals surface area contributed by atoms with Crippen LogP contribution in [0, 0.1) is 23.7 Å². The van der Waals surface area contributed by atoms with Crippen LogP contribution < -0.4 is 0 Å². The minimum atomic E-state index is 0.696. The number of hydrogen-bond acceptors (Lipinski definition) is 2. The molecule has 0 aliphatic heterocycles. The highest BCUT2D eigenvalue weighted by Crippen LogP contribution is 2.40. The van der Waals surface area contributed by atoms with Crippen molar-refractivity contribution in [3.63, 3.8) is 0 Å². The second-order valence-corrected chi connectivity index (χ2v) is 6.02. The monoisotopic (exact) mass is 340 g/mol. The van der Waals surface area contributed by atoms with E-state index in [1.54, 1.807) is 7.11 Å². The van der Waals surface area contributed by atoms with E-state index >= 15 is 0 Å². The van der Waals surface area contributed by atoms with Crippen molar-refractivity contribution in [1.82, 2.24) is 0 Å². The topological polar surface area (TPSA) is 18.5 Å². The molecule has 1 rings (SSSR count). The number of ether oxygens (including phenoxy) is 1. The van der Waals surface area contributed by atoms with Crippen molar-refractivity contribution in [2.45, 2.75) is 39.5 Å². The van der Waals surface area contributed by atoms with Crippen molar-refractivity contribution < 1.29 is 7.80 Å². The molecule has 0 amide bonds. The van der Waals surface area contributed by atoms with Gasteiger partial charge >= 0.3 is 0 Å². The molecule has 0 aromatic rings. The number of rotatable bonds is 7. The van der Waals surface area contributed by atoms with Crippen molar-refractivity contribution in [3.8, 4) is 0 Å². The van der Waals surface area contributed by atoms with Gasteiger partial charge in [0.2, 0.25) is 0 Å². The van der Waals surface area contributed by atoms with Gasteiger partial charge in [-0.25, -0.2) is 0 Å². The summed E-state index contributed by atoms with van der Waals surface area (Å²) in [7, 11) is 1.79. The molecule has 1 fully saturated rings. The van der Waals surface area contributed by atoms with E-state index in [4.69, 9.17) is 7.80 Å². The SMILES string of the molecule is COCC(C)CC[C@H]1CCC(C)[C@@H]1COI. The molecule has 0 spiro atoms. The Morgan fingerprint density at radius 3 is 2.75 bits per heavy atom. The summed E-state index contributed by atoms with van der Waals surface area (Å²) in [6, 6.07) is 0. The summed E-state index contributed by atoms with van der Waals surface area (Å²) in [5, 5.41) is 0. The molecular formula is C13H25IO2. The lowest BCUT2D eigenvalue weighted by molar-refractivity contribution is 0.145. The predicted molar refractivity (Wildman–Crippen MR) is 75.6 cm³/mol. The van der Waals surface area contributed by atoms with E-state index in [0.29, 0.717) is 5.92 Å². The van der Waals surface area contributed by atoms with E-state index in [9.17, 15) is 0 Å². The molecule has 0 heterocycles. The third-order valence-electron chi connectivity index (χ3n) is 4.07. The molecule has 0 N–H and O–H groups in total. The first-order valence-electron chi connectivity index (χ1n) is 6.41. The lowest BCUT2D eigenvalue weighted by atomic mass is 9.86. The summed E-state index contributed by atoms with van der Waals surface area (Å²) in [5.74, 6) is 3.20.